The highest BCUT2D eigenvalue weighted by Crippen LogP contribution is 2.63. The monoisotopic (exact) mass is 942 g/mol. The quantitative estimate of drug-likeness (QED) is 0.165. The lowest BCUT2D eigenvalue weighted by atomic mass is 9.70. The first kappa shape index (κ1) is 42.0. The van der Waals surface area contributed by atoms with E-state index in [1.165, 1.54) is 55.5 Å². The number of nitrogens with zero attached hydrogens (tertiary/aromatic N) is 1. The summed E-state index contributed by atoms with van der Waals surface area (Å²) >= 11 is 0. The fourth-order valence-electron chi connectivity index (χ4n) is 12.4. The van der Waals surface area contributed by atoms with Crippen LogP contribution >= 0.6 is 0 Å². The maximum absolute atomic E-state index is 6.92. The van der Waals surface area contributed by atoms with Gasteiger partial charge in [0.25, 0.3) is 0 Å². The van der Waals surface area contributed by atoms with Crippen LogP contribution in [-0.4, -0.2) is 0 Å². The van der Waals surface area contributed by atoms with Gasteiger partial charge >= 0.3 is 0 Å². The topological polar surface area (TPSA) is 28.4 Å². The molecule has 1 heterocycles. The number of hydrogen-bond donors (Lipinski definition) is 1. The maximum atomic E-state index is 6.92. The molecular formula is C71H46N2O. The van der Waals surface area contributed by atoms with Crippen molar-refractivity contribution in [2.45, 2.75) is 5.41 Å². The average molecular weight is 943 g/mol. The molecular weight excluding hydrogens is 897 g/mol. The Morgan fingerprint density at radius 3 is 1.62 bits per heavy atom. The van der Waals surface area contributed by atoms with Crippen LogP contribution in [0, 0.1) is 0 Å². The molecule has 0 radical (unpaired) electrons. The summed E-state index contributed by atoms with van der Waals surface area (Å²) < 4.78 is 6.92. The Hall–Kier alpha value is -9.70. The van der Waals surface area contributed by atoms with E-state index < -0.39 is 5.41 Å². The predicted octanol–water partition coefficient (Wildman–Crippen LogP) is 19.3. The van der Waals surface area contributed by atoms with Crippen molar-refractivity contribution in [1.82, 2.24) is 0 Å². The summed E-state index contributed by atoms with van der Waals surface area (Å²) in [6.45, 7) is 0. The number of hydrogen-bond acceptors (Lipinski definition) is 3. The van der Waals surface area contributed by atoms with E-state index >= 15 is 0 Å². The molecule has 13 aromatic rings. The normalized spacial score (nSPS) is 12.7. The van der Waals surface area contributed by atoms with Crippen LogP contribution in [0.3, 0.4) is 0 Å². The minimum Gasteiger partial charge on any atom is -0.455 e. The van der Waals surface area contributed by atoms with E-state index in [1.807, 2.05) is 0 Å². The molecule has 74 heavy (non-hydrogen) atoms. The van der Waals surface area contributed by atoms with Crippen molar-refractivity contribution in [3.8, 4) is 55.6 Å². The molecule has 2 aliphatic rings. The molecule has 12 aromatic carbocycles. The minimum absolute atomic E-state index is 0.478. The molecule has 0 saturated heterocycles. The summed E-state index contributed by atoms with van der Waals surface area (Å²) in [5.41, 5.74) is 23.8. The number of nitrogens with one attached hydrogen (secondary N) is 1. The van der Waals surface area contributed by atoms with E-state index in [-0.39, 0.29) is 0 Å². The maximum Gasteiger partial charge on any atom is 0.143 e. The average Bonchev–Trinajstić information content (AvgIpc) is 4.14. The van der Waals surface area contributed by atoms with Crippen LogP contribution in [0.4, 0.5) is 28.4 Å². The third kappa shape index (κ3) is 6.40. The molecule has 0 atom stereocenters. The highest BCUT2D eigenvalue weighted by molar-refractivity contribution is 6.17. The van der Waals surface area contributed by atoms with Crippen molar-refractivity contribution in [3.63, 3.8) is 0 Å². The van der Waals surface area contributed by atoms with E-state index in [0.717, 1.165) is 83.6 Å². The van der Waals surface area contributed by atoms with Gasteiger partial charge < -0.3 is 14.6 Å². The SMILES string of the molecule is c1ccc(-c2ccccc2Nc2cccc(-c3ccc(N(c4cccc(-c5cccc6c5oc5c7ccccc7ccc65)c4)c4ccc5c(c4)C4(c6ccccc6-c6ccccc64)c4ccccc4-5)cc3)c2)cc1. The summed E-state index contributed by atoms with van der Waals surface area (Å²) in [6, 6.07) is 99.5. The van der Waals surface area contributed by atoms with Gasteiger partial charge in [-0.2, -0.15) is 0 Å². The number of para-hydroxylation sites is 2. The van der Waals surface area contributed by atoms with Crippen LogP contribution in [0.5, 0.6) is 0 Å². The highest BCUT2D eigenvalue weighted by atomic mass is 16.3. The first-order valence-corrected chi connectivity index (χ1v) is 25.5. The molecule has 1 aromatic heterocycles. The Morgan fingerprint density at radius 1 is 0.297 bits per heavy atom. The van der Waals surface area contributed by atoms with E-state index in [9.17, 15) is 0 Å². The number of benzene rings is 12. The van der Waals surface area contributed by atoms with Gasteiger partial charge in [-0.15, -0.1) is 0 Å². The molecule has 0 bridgehead atoms. The second-order valence-corrected chi connectivity index (χ2v) is 19.6. The van der Waals surface area contributed by atoms with Crippen LogP contribution in [0.1, 0.15) is 22.3 Å². The van der Waals surface area contributed by atoms with Crippen molar-refractivity contribution in [3.05, 3.63) is 295 Å². The molecule has 0 amide bonds. The van der Waals surface area contributed by atoms with Gasteiger partial charge in [0.15, 0.2) is 0 Å². The zero-order valence-corrected chi connectivity index (χ0v) is 40.3. The van der Waals surface area contributed by atoms with Gasteiger partial charge in [-0.1, -0.05) is 212 Å². The molecule has 1 N–H and O–H groups in total. The fraction of sp³-hybridized carbons (Fsp3) is 0.0141. The van der Waals surface area contributed by atoms with Gasteiger partial charge in [0.2, 0.25) is 0 Å². The smallest absolute Gasteiger partial charge is 0.143 e. The second-order valence-electron chi connectivity index (χ2n) is 19.6. The van der Waals surface area contributed by atoms with Crippen molar-refractivity contribution in [1.29, 1.82) is 0 Å². The molecule has 0 fully saturated rings. The highest BCUT2D eigenvalue weighted by Gasteiger charge is 2.51. The van der Waals surface area contributed by atoms with E-state index in [0.29, 0.717) is 0 Å². The van der Waals surface area contributed by atoms with Crippen molar-refractivity contribution >= 4 is 61.1 Å². The Morgan fingerprint density at radius 2 is 0.851 bits per heavy atom. The minimum atomic E-state index is -0.478. The number of anilines is 5. The molecule has 0 saturated carbocycles. The Labute approximate surface area is 429 Å². The lowest BCUT2D eigenvalue weighted by Crippen LogP contribution is -2.26. The third-order valence-electron chi connectivity index (χ3n) is 15.7. The summed E-state index contributed by atoms with van der Waals surface area (Å²) in [5, 5.41) is 8.27. The molecule has 1 spiro atoms. The lowest BCUT2D eigenvalue weighted by Gasteiger charge is -2.32. The van der Waals surface area contributed by atoms with Crippen LogP contribution in [-0.2, 0) is 5.41 Å². The van der Waals surface area contributed by atoms with Gasteiger partial charge in [-0.25, -0.2) is 0 Å². The second kappa shape index (κ2) is 16.7. The molecule has 3 heteroatoms. The van der Waals surface area contributed by atoms with Crippen molar-refractivity contribution < 1.29 is 4.42 Å². The molecule has 15 rings (SSSR count). The number of fused-ring (bicyclic) bond motifs is 15. The molecule has 2 aliphatic carbocycles. The predicted molar refractivity (Wildman–Crippen MR) is 308 cm³/mol. The van der Waals surface area contributed by atoms with Gasteiger partial charge in [0.05, 0.1) is 5.41 Å². The lowest BCUT2D eigenvalue weighted by molar-refractivity contribution is 0.674. The standard InChI is InChI=1S/C71H46N2O/c1-2-17-47(18-3-1)55-24-9-13-34-68(55)72-51-22-14-20-49(43-51)46-35-38-52(39-36-46)73(53-23-15-21-50(44-53)57-29-16-30-62-63-41-37-48-19-4-5-25-56(48)69(63)74-70(57)62)54-40-42-61-60-28-8-12-33-66(60)71(67(61)45-54)64-31-10-6-26-58(64)59-27-7-11-32-65(59)71/h1-45,72H. The molecule has 346 valence electrons. The van der Waals surface area contributed by atoms with E-state index in [4.69, 9.17) is 4.42 Å². The number of rotatable bonds is 8. The molecule has 0 aliphatic heterocycles. The van der Waals surface area contributed by atoms with Crippen LogP contribution in [0.25, 0.3) is 88.3 Å². The zero-order valence-electron chi connectivity index (χ0n) is 40.3. The van der Waals surface area contributed by atoms with Gasteiger partial charge in [0.1, 0.15) is 11.2 Å². The van der Waals surface area contributed by atoms with Crippen molar-refractivity contribution in [2.75, 3.05) is 10.2 Å². The molecule has 0 unspecified atom stereocenters. The summed E-state index contributed by atoms with van der Waals surface area (Å²) in [6.07, 6.45) is 0. The Bertz CT molecular complexity index is 4290. The van der Waals surface area contributed by atoms with Crippen LogP contribution in [0.2, 0.25) is 0 Å². The van der Waals surface area contributed by atoms with Crippen LogP contribution < -0.4 is 10.2 Å². The summed E-state index contributed by atoms with van der Waals surface area (Å²) in [7, 11) is 0. The van der Waals surface area contributed by atoms with Crippen molar-refractivity contribution in [2.24, 2.45) is 0 Å². The fourth-order valence-corrected chi connectivity index (χ4v) is 12.4. The van der Waals surface area contributed by atoms with Crippen LogP contribution in [0.15, 0.2) is 277 Å². The third-order valence-corrected chi connectivity index (χ3v) is 15.7. The number of furan rings is 1. The summed E-state index contributed by atoms with van der Waals surface area (Å²) in [5.74, 6) is 0. The first-order valence-electron chi connectivity index (χ1n) is 25.5. The van der Waals surface area contributed by atoms with E-state index in [2.05, 4.69) is 283 Å². The first-order chi connectivity index (χ1) is 36.7. The molecule has 3 nitrogen and oxygen atoms in total. The summed E-state index contributed by atoms with van der Waals surface area (Å²) in [4.78, 5) is 2.43. The van der Waals surface area contributed by atoms with Gasteiger partial charge in [-0.3, -0.25) is 0 Å². The Balaban J connectivity index is 0.881. The Kier molecular flexibility index (Phi) is 9.48. The van der Waals surface area contributed by atoms with Gasteiger partial charge in [-0.05, 0) is 133 Å². The zero-order chi connectivity index (χ0) is 48.7. The van der Waals surface area contributed by atoms with Gasteiger partial charge in [0, 0.05) is 55.7 Å². The largest absolute Gasteiger partial charge is 0.455 e. The van der Waals surface area contributed by atoms with E-state index in [1.54, 1.807) is 0 Å².